The van der Waals surface area contributed by atoms with E-state index in [0.29, 0.717) is 6.54 Å². The van der Waals surface area contributed by atoms with Crippen molar-refractivity contribution in [3.63, 3.8) is 0 Å². The number of hydrogen-bond donors (Lipinski definition) is 1. The van der Waals surface area contributed by atoms with Gasteiger partial charge in [-0.3, -0.25) is 0 Å². The number of rotatable bonds is 4. The summed E-state index contributed by atoms with van der Waals surface area (Å²) in [6.07, 6.45) is -4.90. The van der Waals surface area contributed by atoms with E-state index in [4.69, 9.17) is 5.73 Å². The molecule has 1 aromatic rings. The van der Waals surface area contributed by atoms with Crippen molar-refractivity contribution in [1.29, 1.82) is 0 Å². The first-order valence-corrected chi connectivity index (χ1v) is 5.94. The Balaban J connectivity index is 2.57. The largest absolute Gasteiger partial charge is 0.390 e. The third kappa shape index (κ3) is 6.85. The number of halogens is 3. The molecule has 0 amide bonds. The predicted molar refractivity (Wildman–Crippen MR) is 69.4 cm³/mol. The van der Waals surface area contributed by atoms with Crippen LogP contribution in [0.25, 0.3) is 0 Å². The molecular weight excluding hydrogens is 253 g/mol. The number of alkyl halides is 3. The van der Waals surface area contributed by atoms with Crippen molar-refractivity contribution in [2.75, 3.05) is 20.1 Å². The van der Waals surface area contributed by atoms with Gasteiger partial charge in [0.05, 0.1) is 13.0 Å². The summed E-state index contributed by atoms with van der Waals surface area (Å²) in [5.41, 5.74) is 7.05. The number of hydrogen-bond acceptors (Lipinski definition) is 2. The molecule has 0 atom stereocenters. The summed E-state index contributed by atoms with van der Waals surface area (Å²) in [6.45, 7) is 0.742. The standard InChI is InChI=1S/C14H17F3N2/c1-19(9-7-14(15,16)17)11-13-5-2-4-12(10-13)6-3-8-18/h2,4-5,10H,7-9,11,18H2,1H3. The Kier molecular flexibility index (Phi) is 5.87. The Bertz CT molecular complexity index is 458. The molecule has 5 heteroatoms. The van der Waals surface area contributed by atoms with Crippen LogP contribution in [0.5, 0.6) is 0 Å². The second-order valence-corrected chi connectivity index (χ2v) is 4.31. The highest BCUT2D eigenvalue weighted by Crippen LogP contribution is 2.19. The monoisotopic (exact) mass is 270 g/mol. The topological polar surface area (TPSA) is 29.3 Å². The van der Waals surface area contributed by atoms with Crippen LogP contribution in [-0.2, 0) is 6.54 Å². The lowest BCUT2D eigenvalue weighted by Crippen LogP contribution is -2.24. The zero-order chi connectivity index (χ0) is 14.3. The van der Waals surface area contributed by atoms with Crippen LogP contribution in [0.4, 0.5) is 13.2 Å². The van der Waals surface area contributed by atoms with Crippen LogP contribution in [0.1, 0.15) is 17.5 Å². The van der Waals surface area contributed by atoms with Gasteiger partial charge >= 0.3 is 6.18 Å². The summed E-state index contributed by atoms with van der Waals surface area (Å²) in [5, 5.41) is 0. The van der Waals surface area contributed by atoms with Gasteiger partial charge in [0.1, 0.15) is 0 Å². The van der Waals surface area contributed by atoms with E-state index in [0.717, 1.165) is 11.1 Å². The molecule has 0 unspecified atom stereocenters. The first-order valence-electron chi connectivity index (χ1n) is 5.94. The maximum atomic E-state index is 12.1. The van der Waals surface area contributed by atoms with Crippen molar-refractivity contribution in [2.24, 2.45) is 5.73 Å². The fraction of sp³-hybridized carbons (Fsp3) is 0.429. The molecule has 0 saturated heterocycles. The Morgan fingerprint density at radius 3 is 2.68 bits per heavy atom. The van der Waals surface area contributed by atoms with Gasteiger partial charge in [0, 0.05) is 18.7 Å². The van der Waals surface area contributed by atoms with Gasteiger partial charge in [-0.05, 0) is 24.7 Å². The molecule has 0 spiro atoms. The van der Waals surface area contributed by atoms with Crippen molar-refractivity contribution in [2.45, 2.75) is 19.1 Å². The summed E-state index contributed by atoms with van der Waals surface area (Å²) < 4.78 is 36.3. The number of nitrogens with zero attached hydrogens (tertiary/aromatic N) is 1. The lowest BCUT2D eigenvalue weighted by atomic mass is 10.1. The quantitative estimate of drug-likeness (QED) is 0.851. The maximum Gasteiger partial charge on any atom is 0.390 e. The number of nitrogens with two attached hydrogens (primary N) is 1. The van der Waals surface area contributed by atoms with Crippen LogP contribution in [-0.4, -0.2) is 31.2 Å². The zero-order valence-corrected chi connectivity index (χ0v) is 10.8. The second kappa shape index (κ2) is 7.17. The van der Waals surface area contributed by atoms with Gasteiger partial charge in [-0.1, -0.05) is 24.0 Å². The van der Waals surface area contributed by atoms with Crippen molar-refractivity contribution in [3.8, 4) is 11.8 Å². The molecule has 1 aromatic carbocycles. The van der Waals surface area contributed by atoms with Crippen molar-refractivity contribution >= 4 is 0 Å². The summed E-state index contributed by atoms with van der Waals surface area (Å²) >= 11 is 0. The Labute approximate surface area is 111 Å². The van der Waals surface area contributed by atoms with E-state index in [1.54, 1.807) is 11.9 Å². The highest BCUT2D eigenvalue weighted by Gasteiger charge is 2.26. The minimum atomic E-state index is -4.11. The lowest BCUT2D eigenvalue weighted by Gasteiger charge is -2.17. The molecule has 1 rings (SSSR count). The Morgan fingerprint density at radius 1 is 1.32 bits per heavy atom. The normalized spacial score (nSPS) is 11.3. The average molecular weight is 270 g/mol. The predicted octanol–water partition coefficient (Wildman–Crippen LogP) is 2.38. The first-order chi connectivity index (χ1) is 8.90. The van der Waals surface area contributed by atoms with E-state index in [1.165, 1.54) is 0 Å². The Hall–Kier alpha value is -1.51. The molecular formula is C14H17F3N2. The van der Waals surface area contributed by atoms with Gasteiger partial charge < -0.3 is 10.6 Å². The SMILES string of the molecule is CN(CCC(F)(F)F)Cc1cccc(C#CCN)c1. The summed E-state index contributed by atoms with van der Waals surface area (Å²) in [7, 11) is 1.67. The molecule has 19 heavy (non-hydrogen) atoms. The Morgan fingerprint density at radius 2 is 2.05 bits per heavy atom. The van der Waals surface area contributed by atoms with E-state index >= 15 is 0 Å². The molecule has 0 aliphatic heterocycles. The zero-order valence-electron chi connectivity index (χ0n) is 10.8. The van der Waals surface area contributed by atoms with E-state index < -0.39 is 12.6 Å². The third-order valence-electron chi connectivity index (χ3n) is 2.49. The van der Waals surface area contributed by atoms with Crippen LogP contribution in [0.15, 0.2) is 24.3 Å². The van der Waals surface area contributed by atoms with Crippen molar-refractivity contribution in [3.05, 3.63) is 35.4 Å². The molecule has 0 radical (unpaired) electrons. The molecule has 0 saturated carbocycles. The highest BCUT2D eigenvalue weighted by atomic mass is 19.4. The van der Waals surface area contributed by atoms with E-state index in [9.17, 15) is 13.2 Å². The van der Waals surface area contributed by atoms with Gasteiger partial charge in [0.2, 0.25) is 0 Å². The van der Waals surface area contributed by atoms with Gasteiger partial charge in [-0.15, -0.1) is 0 Å². The van der Waals surface area contributed by atoms with Crippen LogP contribution in [0, 0.1) is 11.8 Å². The molecule has 104 valence electrons. The van der Waals surface area contributed by atoms with Crippen molar-refractivity contribution < 1.29 is 13.2 Å². The van der Waals surface area contributed by atoms with Gasteiger partial charge in [0.15, 0.2) is 0 Å². The third-order valence-corrected chi connectivity index (χ3v) is 2.49. The molecule has 2 nitrogen and oxygen atoms in total. The van der Waals surface area contributed by atoms with Crippen molar-refractivity contribution in [1.82, 2.24) is 4.90 Å². The highest BCUT2D eigenvalue weighted by molar-refractivity contribution is 5.37. The molecule has 0 aliphatic carbocycles. The smallest absolute Gasteiger partial charge is 0.320 e. The number of benzene rings is 1. The summed E-state index contributed by atoms with van der Waals surface area (Å²) in [4.78, 5) is 1.64. The molecule has 0 aromatic heterocycles. The minimum absolute atomic E-state index is 0.0117. The molecule has 0 aliphatic rings. The maximum absolute atomic E-state index is 12.1. The molecule has 0 bridgehead atoms. The van der Waals surface area contributed by atoms with Crippen LogP contribution < -0.4 is 5.73 Å². The second-order valence-electron chi connectivity index (χ2n) is 4.31. The van der Waals surface area contributed by atoms with E-state index in [2.05, 4.69) is 11.8 Å². The van der Waals surface area contributed by atoms with Gasteiger partial charge in [0.25, 0.3) is 0 Å². The minimum Gasteiger partial charge on any atom is -0.320 e. The van der Waals surface area contributed by atoms with Crippen LogP contribution in [0.3, 0.4) is 0 Å². The van der Waals surface area contributed by atoms with E-state index in [-0.39, 0.29) is 13.1 Å². The van der Waals surface area contributed by atoms with Gasteiger partial charge in [-0.25, -0.2) is 0 Å². The first kappa shape index (κ1) is 15.5. The molecule has 0 heterocycles. The molecule has 2 N–H and O–H groups in total. The average Bonchev–Trinajstić information content (AvgIpc) is 2.33. The van der Waals surface area contributed by atoms with Crippen LogP contribution >= 0.6 is 0 Å². The van der Waals surface area contributed by atoms with Crippen LogP contribution in [0.2, 0.25) is 0 Å². The van der Waals surface area contributed by atoms with Gasteiger partial charge in [-0.2, -0.15) is 13.2 Å². The lowest BCUT2D eigenvalue weighted by molar-refractivity contribution is -0.137. The van der Waals surface area contributed by atoms with E-state index in [1.807, 2.05) is 24.3 Å². The fourth-order valence-electron chi connectivity index (χ4n) is 1.61. The summed E-state index contributed by atoms with van der Waals surface area (Å²) in [6, 6.07) is 7.43. The molecule has 0 fully saturated rings. The fourth-order valence-corrected chi connectivity index (χ4v) is 1.61. The summed E-state index contributed by atoms with van der Waals surface area (Å²) in [5.74, 6) is 5.65.